The van der Waals surface area contributed by atoms with Gasteiger partial charge in [0.25, 0.3) is 0 Å². The molecule has 1 heterocycles. The molecule has 2 N–H and O–H groups in total. The van der Waals surface area contributed by atoms with Crippen LogP contribution in [0.1, 0.15) is 0 Å². The van der Waals surface area contributed by atoms with Crippen molar-refractivity contribution in [2.45, 2.75) is 4.90 Å². The number of hydrogen-bond acceptors (Lipinski definition) is 4. The highest BCUT2D eigenvalue weighted by atomic mass is 32.2. The Morgan fingerprint density at radius 2 is 1.88 bits per heavy atom. The van der Waals surface area contributed by atoms with Gasteiger partial charge in [0.2, 0.25) is 10.0 Å². The van der Waals surface area contributed by atoms with E-state index in [0.29, 0.717) is 16.8 Å². The number of aromatic nitrogens is 1. The zero-order valence-electron chi connectivity index (χ0n) is 13.2. The molecule has 1 aromatic heterocycles. The van der Waals surface area contributed by atoms with Gasteiger partial charge < -0.3 is 5.32 Å². The minimum Gasteiger partial charge on any atom is -0.355 e. The van der Waals surface area contributed by atoms with Crippen LogP contribution in [0.4, 0.5) is 15.8 Å². The first kappa shape index (κ1) is 17.1. The van der Waals surface area contributed by atoms with E-state index in [4.69, 9.17) is 0 Å². The molecule has 0 fully saturated rings. The van der Waals surface area contributed by atoms with Crippen molar-refractivity contribution < 1.29 is 12.8 Å². The second-order valence-corrected chi connectivity index (χ2v) is 7.05. The fourth-order valence-corrected chi connectivity index (χ4v) is 3.37. The fourth-order valence-electron chi connectivity index (χ4n) is 2.37. The molecular formula is C18H16FN3O2S. The zero-order chi connectivity index (χ0) is 17.9. The van der Waals surface area contributed by atoms with Gasteiger partial charge in [0.15, 0.2) is 0 Å². The number of benzene rings is 2. The number of nitrogens with zero attached hydrogens (tertiary/aromatic N) is 1. The molecule has 3 rings (SSSR count). The van der Waals surface area contributed by atoms with Gasteiger partial charge in [-0.15, -0.1) is 6.58 Å². The third-order valence-corrected chi connectivity index (χ3v) is 5.02. The molecule has 0 radical (unpaired) electrons. The van der Waals surface area contributed by atoms with Gasteiger partial charge in [-0.05, 0) is 36.4 Å². The molecule has 0 spiro atoms. The van der Waals surface area contributed by atoms with Gasteiger partial charge in [0, 0.05) is 29.5 Å². The molecule has 0 aliphatic carbocycles. The lowest BCUT2D eigenvalue weighted by Gasteiger charge is -2.11. The first-order valence-corrected chi connectivity index (χ1v) is 9.00. The number of fused-ring (bicyclic) bond motifs is 1. The van der Waals surface area contributed by atoms with Crippen molar-refractivity contribution in [2.75, 3.05) is 11.9 Å². The van der Waals surface area contributed by atoms with Gasteiger partial charge in [0.1, 0.15) is 11.3 Å². The summed E-state index contributed by atoms with van der Waals surface area (Å²) in [6.45, 7) is 3.64. The van der Waals surface area contributed by atoms with Crippen molar-refractivity contribution in [3.63, 3.8) is 0 Å². The van der Waals surface area contributed by atoms with Crippen molar-refractivity contribution in [3.8, 4) is 0 Å². The highest BCUT2D eigenvalue weighted by Crippen LogP contribution is 2.26. The van der Waals surface area contributed by atoms with Crippen LogP contribution >= 0.6 is 0 Å². The van der Waals surface area contributed by atoms with Crippen LogP contribution in [0.3, 0.4) is 0 Å². The van der Waals surface area contributed by atoms with E-state index >= 15 is 0 Å². The normalized spacial score (nSPS) is 11.4. The smallest absolute Gasteiger partial charge is 0.240 e. The first-order valence-electron chi connectivity index (χ1n) is 7.52. The molecule has 2 aromatic carbocycles. The summed E-state index contributed by atoms with van der Waals surface area (Å²) in [5.41, 5.74) is 1.64. The van der Waals surface area contributed by atoms with Crippen molar-refractivity contribution in [1.29, 1.82) is 0 Å². The fraction of sp³-hybridized carbons (Fsp3) is 0.0556. The summed E-state index contributed by atoms with van der Waals surface area (Å²) < 4.78 is 40.3. The lowest BCUT2D eigenvalue weighted by atomic mass is 10.1. The van der Waals surface area contributed by atoms with Gasteiger partial charge in [0.05, 0.1) is 4.90 Å². The molecule has 3 aromatic rings. The topological polar surface area (TPSA) is 71.1 Å². The molecule has 5 nitrogen and oxygen atoms in total. The number of nitrogens with one attached hydrogen (secondary N) is 2. The first-order chi connectivity index (χ1) is 12.0. The van der Waals surface area contributed by atoms with E-state index in [2.05, 4.69) is 21.6 Å². The average molecular weight is 357 g/mol. The monoisotopic (exact) mass is 357 g/mol. The van der Waals surface area contributed by atoms with E-state index < -0.39 is 15.8 Å². The maximum Gasteiger partial charge on any atom is 0.240 e. The van der Waals surface area contributed by atoms with Gasteiger partial charge in [-0.1, -0.05) is 18.2 Å². The third-order valence-electron chi connectivity index (χ3n) is 3.58. The molecule has 0 aliphatic heterocycles. The predicted octanol–water partition coefficient (Wildman–Crippen LogP) is 3.58. The van der Waals surface area contributed by atoms with Crippen LogP contribution in [0, 0.1) is 5.82 Å². The van der Waals surface area contributed by atoms with Gasteiger partial charge in [-0.25, -0.2) is 17.5 Å². The second kappa shape index (κ2) is 7.00. The molecule has 0 atom stereocenters. The number of hydrogen-bond donors (Lipinski definition) is 2. The molecule has 0 saturated heterocycles. The van der Waals surface area contributed by atoms with E-state index in [9.17, 15) is 12.8 Å². The molecule has 0 saturated carbocycles. The Labute approximate surface area is 145 Å². The maximum absolute atomic E-state index is 13.8. The lowest BCUT2D eigenvalue weighted by molar-refractivity contribution is 0.585. The number of halogens is 1. The Morgan fingerprint density at radius 1 is 1.12 bits per heavy atom. The Hall–Kier alpha value is -2.77. The van der Waals surface area contributed by atoms with E-state index in [0.717, 1.165) is 0 Å². The molecule has 128 valence electrons. The van der Waals surface area contributed by atoms with Gasteiger partial charge in [-0.3, -0.25) is 4.98 Å². The highest BCUT2D eigenvalue weighted by Gasteiger charge is 2.12. The van der Waals surface area contributed by atoms with Crippen molar-refractivity contribution in [2.24, 2.45) is 0 Å². The second-order valence-electron chi connectivity index (χ2n) is 5.28. The number of para-hydroxylation sites is 1. The van der Waals surface area contributed by atoms with E-state index in [1.165, 1.54) is 30.5 Å². The number of pyridine rings is 1. The van der Waals surface area contributed by atoms with Crippen LogP contribution in [0.15, 0.2) is 72.3 Å². The minimum absolute atomic E-state index is 0.158. The SMILES string of the molecule is C=CCNS(=O)(=O)c1ccc(Nc2ccnc3c(F)cccc23)cc1. The van der Waals surface area contributed by atoms with Crippen LogP contribution in [0.2, 0.25) is 0 Å². The summed E-state index contributed by atoms with van der Waals surface area (Å²) in [5.74, 6) is -0.393. The third kappa shape index (κ3) is 3.67. The molecule has 25 heavy (non-hydrogen) atoms. The predicted molar refractivity (Wildman–Crippen MR) is 96.8 cm³/mol. The minimum atomic E-state index is -3.56. The maximum atomic E-state index is 13.8. The Morgan fingerprint density at radius 3 is 2.60 bits per heavy atom. The number of rotatable bonds is 6. The summed E-state index contributed by atoms with van der Waals surface area (Å²) in [4.78, 5) is 4.21. The average Bonchev–Trinajstić information content (AvgIpc) is 2.61. The van der Waals surface area contributed by atoms with Crippen LogP contribution in [0.5, 0.6) is 0 Å². The highest BCUT2D eigenvalue weighted by molar-refractivity contribution is 7.89. The van der Waals surface area contributed by atoms with Crippen LogP contribution in [0.25, 0.3) is 10.9 Å². The van der Waals surface area contributed by atoms with Crippen LogP contribution in [-0.4, -0.2) is 19.9 Å². The van der Waals surface area contributed by atoms with Crippen LogP contribution < -0.4 is 10.0 Å². The standard InChI is InChI=1S/C18H16FN3O2S/c1-2-11-21-25(23,24)14-8-6-13(7-9-14)22-17-10-12-20-18-15(17)4-3-5-16(18)19/h2-10,12,21H,1,11H2,(H,20,22). The molecule has 0 aliphatic rings. The van der Waals surface area contributed by atoms with Gasteiger partial charge >= 0.3 is 0 Å². The molecule has 0 unspecified atom stereocenters. The largest absolute Gasteiger partial charge is 0.355 e. The zero-order valence-corrected chi connectivity index (χ0v) is 14.1. The Bertz CT molecular complexity index is 1020. The van der Waals surface area contributed by atoms with E-state index in [1.807, 2.05) is 0 Å². The molecular weight excluding hydrogens is 341 g/mol. The van der Waals surface area contributed by atoms with Crippen LogP contribution in [-0.2, 0) is 10.0 Å². The summed E-state index contributed by atoms with van der Waals surface area (Å²) >= 11 is 0. The number of anilines is 2. The quantitative estimate of drug-likeness (QED) is 0.662. The van der Waals surface area contributed by atoms with Crippen molar-refractivity contribution in [3.05, 3.63) is 73.2 Å². The summed E-state index contributed by atoms with van der Waals surface area (Å²) in [7, 11) is -3.56. The Balaban J connectivity index is 1.88. The van der Waals surface area contributed by atoms with E-state index in [-0.39, 0.29) is 17.0 Å². The number of sulfonamides is 1. The van der Waals surface area contributed by atoms with E-state index in [1.54, 1.807) is 30.3 Å². The summed E-state index contributed by atoms with van der Waals surface area (Å²) in [5, 5.41) is 3.80. The van der Waals surface area contributed by atoms with Crippen molar-refractivity contribution >= 4 is 32.3 Å². The molecule has 7 heteroatoms. The lowest BCUT2D eigenvalue weighted by Crippen LogP contribution is -2.23. The molecule has 0 amide bonds. The van der Waals surface area contributed by atoms with Gasteiger partial charge in [-0.2, -0.15) is 0 Å². The van der Waals surface area contributed by atoms with Crippen molar-refractivity contribution in [1.82, 2.24) is 9.71 Å². The summed E-state index contributed by atoms with van der Waals surface area (Å²) in [6.07, 6.45) is 2.99. The molecule has 0 bridgehead atoms. The Kier molecular flexibility index (Phi) is 4.78. The summed E-state index contributed by atoms with van der Waals surface area (Å²) in [6, 6.07) is 12.8.